The molecule has 1 aromatic heterocycles. The number of nitrogens with zero attached hydrogens (tertiary/aromatic N) is 2. The highest BCUT2D eigenvalue weighted by Gasteiger charge is 2.15. The third-order valence-corrected chi connectivity index (χ3v) is 3.17. The molecular weight excluding hydrogens is 210 g/mol. The van der Waals surface area contributed by atoms with Crippen LogP contribution in [-0.4, -0.2) is 28.6 Å². The molecule has 1 aliphatic rings. The van der Waals surface area contributed by atoms with Gasteiger partial charge in [0, 0.05) is 37.2 Å². The van der Waals surface area contributed by atoms with E-state index in [1.807, 2.05) is 0 Å². The van der Waals surface area contributed by atoms with Gasteiger partial charge in [-0.25, -0.2) is 4.98 Å². The van der Waals surface area contributed by atoms with Crippen molar-refractivity contribution in [2.75, 3.05) is 18.5 Å². The summed E-state index contributed by atoms with van der Waals surface area (Å²) in [6, 6.07) is 0.515. The van der Waals surface area contributed by atoms with Gasteiger partial charge in [0.05, 0.1) is 0 Å². The first-order chi connectivity index (χ1) is 7.38. The average molecular weight is 227 g/mol. The number of hydrogen-bond donors (Lipinski definition) is 1. The van der Waals surface area contributed by atoms with Gasteiger partial charge in [-0.15, -0.1) is 0 Å². The second-order valence-corrected chi connectivity index (χ2v) is 4.55. The second kappa shape index (κ2) is 5.42. The molecule has 0 aromatic carbocycles. The molecular formula is C10H17N3OS. The molecule has 1 fully saturated rings. The van der Waals surface area contributed by atoms with Gasteiger partial charge in [0.2, 0.25) is 5.13 Å². The van der Waals surface area contributed by atoms with E-state index in [-0.39, 0.29) is 0 Å². The van der Waals surface area contributed by atoms with E-state index in [0.29, 0.717) is 6.04 Å². The summed E-state index contributed by atoms with van der Waals surface area (Å²) in [5.74, 6) is 0.969. The van der Waals surface area contributed by atoms with Crippen LogP contribution >= 0.6 is 11.5 Å². The maximum atomic E-state index is 5.31. The Balaban J connectivity index is 1.86. The zero-order chi connectivity index (χ0) is 10.5. The van der Waals surface area contributed by atoms with Gasteiger partial charge in [-0.1, -0.05) is 6.92 Å². The van der Waals surface area contributed by atoms with Crippen LogP contribution in [0.4, 0.5) is 5.13 Å². The molecule has 1 N–H and O–H groups in total. The fourth-order valence-corrected chi connectivity index (χ4v) is 2.34. The number of nitrogens with one attached hydrogen (secondary N) is 1. The number of rotatable bonds is 4. The second-order valence-electron chi connectivity index (χ2n) is 3.80. The third-order valence-electron chi connectivity index (χ3n) is 2.49. The summed E-state index contributed by atoms with van der Waals surface area (Å²) in [5, 5.41) is 4.39. The standard InChI is InChI=1S/C10H17N3OS/c1-2-3-9-12-10(15-13-9)11-8-4-6-14-7-5-8/h8H,2-7H2,1H3,(H,11,12,13). The van der Waals surface area contributed by atoms with E-state index in [0.717, 1.165) is 49.9 Å². The van der Waals surface area contributed by atoms with Crippen LogP contribution in [0.1, 0.15) is 32.0 Å². The van der Waals surface area contributed by atoms with Crippen molar-refractivity contribution in [1.29, 1.82) is 0 Å². The highest BCUT2D eigenvalue weighted by Crippen LogP contribution is 2.17. The van der Waals surface area contributed by atoms with Crippen LogP contribution in [0.2, 0.25) is 0 Å². The molecule has 0 atom stereocenters. The lowest BCUT2D eigenvalue weighted by molar-refractivity contribution is 0.0904. The molecule has 1 aromatic rings. The molecule has 0 bridgehead atoms. The molecule has 1 aliphatic heterocycles. The van der Waals surface area contributed by atoms with Crippen molar-refractivity contribution in [3.8, 4) is 0 Å². The first-order valence-electron chi connectivity index (χ1n) is 5.55. The molecule has 0 spiro atoms. The summed E-state index contributed by atoms with van der Waals surface area (Å²) < 4.78 is 9.62. The molecule has 0 unspecified atom stereocenters. The summed E-state index contributed by atoms with van der Waals surface area (Å²) in [4.78, 5) is 4.45. The first kappa shape index (κ1) is 10.8. The zero-order valence-corrected chi connectivity index (χ0v) is 9.85. The predicted molar refractivity (Wildman–Crippen MR) is 61.4 cm³/mol. The lowest BCUT2D eigenvalue weighted by Gasteiger charge is -2.22. The van der Waals surface area contributed by atoms with E-state index < -0.39 is 0 Å². The summed E-state index contributed by atoms with van der Waals surface area (Å²) >= 11 is 1.47. The van der Waals surface area contributed by atoms with Crippen molar-refractivity contribution in [2.45, 2.75) is 38.6 Å². The van der Waals surface area contributed by atoms with E-state index >= 15 is 0 Å². The molecule has 2 rings (SSSR count). The van der Waals surface area contributed by atoms with Crippen LogP contribution < -0.4 is 5.32 Å². The van der Waals surface area contributed by atoms with Crippen LogP contribution in [0.25, 0.3) is 0 Å². The number of aryl methyl sites for hydroxylation is 1. The summed E-state index contributed by atoms with van der Waals surface area (Å²) in [6.45, 7) is 3.86. The Labute approximate surface area is 94.2 Å². The number of aromatic nitrogens is 2. The predicted octanol–water partition coefficient (Wildman–Crippen LogP) is 2.08. The van der Waals surface area contributed by atoms with Crippen molar-refractivity contribution in [3.63, 3.8) is 0 Å². The van der Waals surface area contributed by atoms with Crippen LogP contribution in [0.15, 0.2) is 0 Å². The molecule has 5 heteroatoms. The monoisotopic (exact) mass is 227 g/mol. The highest BCUT2D eigenvalue weighted by molar-refractivity contribution is 7.09. The number of anilines is 1. The molecule has 1 saturated heterocycles. The molecule has 0 radical (unpaired) electrons. The number of ether oxygens (including phenoxy) is 1. The van der Waals surface area contributed by atoms with Gasteiger partial charge in [0.15, 0.2) is 0 Å². The normalized spacial score (nSPS) is 17.9. The third kappa shape index (κ3) is 3.14. The minimum atomic E-state index is 0.515. The zero-order valence-electron chi connectivity index (χ0n) is 9.03. The Bertz CT molecular complexity index is 297. The summed E-state index contributed by atoms with van der Waals surface area (Å²) in [7, 11) is 0. The Morgan fingerprint density at radius 1 is 1.47 bits per heavy atom. The van der Waals surface area contributed by atoms with Crippen LogP contribution in [0.5, 0.6) is 0 Å². The first-order valence-corrected chi connectivity index (χ1v) is 6.32. The molecule has 0 amide bonds. The lowest BCUT2D eigenvalue weighted by Crippen LogP contribution is -2.27. The Morgan fingerprint density at radius 2 is 2.27 bits per heavy atom. The van der Waals surface area contributed by atoms with Gasteiger partial charge in [0.1, 0.15) is 5.82 Å². The molecule has 84 valence electrons. The maximum Gasteiger partial charge on any atom is 0.202 e. The summed E-state index contributed by atoms with van der Waals surface area (Å²) in [6.07, 6.45) is 4.23. The van der Waals surface area contributed by atoms with E-state index in [1.54, 1.807) is 0 Å². The highest BCUT2D eigenvalue weighted by atomic mass is 32.1. The van der Waals surface area contributed by atoms with E-state index in [9.17, 15) is 0 Å². The fourth-order valence-electron chi connectivity index (χ4n) is 1.65. The largest absolute Gasteiger partial charge is 0.381 e. The van der Waals surface area contributed by atoms with Gasteiger partial charge in [-0.2, -0.15) is 4.37 Å². The van der Waals surface area contributed by atoms with E-state index in [2.05, 4.69) is 21.6 Å². The maximum absolute atomic E-state index is 5.31. The molecule has 15 heavy (non-hydrogen) atoms. The van der Waals surface area contributed by atoms with Crippen LogP contribution in [0, 0.1) is 0 Å². The van der Waals surface area contributed by atoms with Crippen LogP contribution in [0.3, 0.4) is 0 Å². The minimum absolute atomic E-state index is 0.515. The fraction of sp³-hybridized carbons (Fsp3) is 0.800. The van der Waals surface area contributed by atoms with Gasteiger partial charge in [-0.3, -0.25) is 0 Å². The van der Waals surface area contributed by atoms with Crippen molar-refractivity contribution < 1.29 is 4.74 Å². The molecule has 0 saturated carbocycles. The van der Waals surface area contributed by atoms with E-state index in [4.69, 9.17) is 4.74 Å². The molecule has 2 heterocycles. The quantitative estimate of drug-likeness (QED) is 0.855. The van der Waals surface area contributed by atoms with E-state index in [1.165, 1.54) is 11.5 Å². The van der Waals surface area contributed by atoms with Gasteiger partial charge < -0.3 is 10.1 Å². The Kier molecular flexibility index (Phi) is 3.91. The van der Waals surface area contributed by atoms with Gasteiger partial charge in [-0.05, 0) is 19.3 Å². The van der Waals surface area contributed by atoms with Crippen molar-refractivity contribution >= 4 is 16.7 Å². The molecule has 0 aliphatic carbocycles. The summed E-state index contributed by atoms with van der Waals surface area (Å²) in [5.41, 5.74) is 0. The van der Waals surface area contributed by atoms with Gasteiger partial charge >= 0.3 is 0 Å². The smallest absolute Gasteiger partial charge is 0.202 e. The van der Waals surface area contributed by atoms with Crippen molar-refractivity contribution in [2.24, 2.45) is 0 Å². The number of hydrogen-bond acceptors (Lipinski definition) is 5. The van der Waals surface area contributed by atoms with Gasteiger partial charge in [0.25, 0.3) is 0 Å². The topological polar surface area (TPSA) is 47.0 Å². The lowest BCUT2D eigenvalue weighted by atomic mass is 10.1. The van der Waals surface area contributed by atoms with Crippen molar-refractivity contribution in [1.82, 2.24) is 9.36 Å². The van der Waals surface area contributed by atoms with Crippen LogP contribution in [-0.2, 0) is 11.2 Å². The Morgan fingerprint density at radius 3 is 3.00 bits per heavy atom. The van der Waals surface area contributed by atoms with Crippen molar-refractivity contribution in [3.05, 3.63) is 5.82 Å². The Hall–Kier alpha value is -0.680. The minimum Gasteiger partial charge on any atom is -0.381 e. The SMILES string of the molecule is CCCc1nsc(NC2CCOCC2)n1. The average Bonchev–Trinajstić information content (AvgIpc) is 2.68. The molecule has 4 nitrogen and oxygen atoms in total.